The highest BCUT2D eigenvalue weighted by molar-refractivity contribution is 8.00. The second-order valence-electron chi connectivity index (χ2n) is 9.88. The maximum Gasteiger partial charge on any atom is 0.529 e. The molecule has 1 aromatic carbocycles. The number of carbonyl (C=O) groups is 3. The summed E-state index contributed by atoms with van der Waals surface area (Å²) in [6, 6.07) is 9.50. The van der Waals surface area contributed by atoms with E-state index in [2.05, 4.69) is 0 Å². The van der Waals surface area contributed by atoms with Crippen LogP contribution in [-0.2, 0) is 19.0 Å². The van der Waals surface area contributed by atoms with Gasteiger partial charge in [0.15, 0.2) is 0 Å². The number of carbonyl (C=O) groups excluding carboxylic acids is 3. The van der Waals surface area contributed by atoms with Crippen LogP contribution in [0.3, 0.4) is 0 Å². The van der Waals surface area contributed by atoms with Crippen LogP contribution in [0.5, 0.6) is 0 Å². The molecule has 1 aromatic rings. The third kappa shape index (κ3) is 6.46. The van der Waals surface area contributed by atoms with Crippen molar-refractivity contribution < 1.29 is 33.1 Å². The fourth-order valence-corrected chi connectivity index (χ4v) is 4.69. The molecule has 2 amide bonds. The Morgan fingerprint density at radius 3 is 2.16 bits per heavy atom. The Morgan fingerprint density at radius 2 is 1.61 bits per heavy atom. The molecule has 3 atom stereocenters. The van der Waals surface area contributed by atoms with Gasteiger partial charge in [0.1, 0.15) is 18.2 Å². The van der Waals surface area contributed by atoms with E-state index in [1.165, 1.54) is 0 Å². The van der Waals surface area contributed by atoms with Crippen LogP contribution < -0.4 is 0 Å². The van der Waals surface area contributed by atoms with Crippen LogP contribution in [0.4, 0.5) is 9.59 Å². The molecular formula is C23H34NO6S+. The van der Waals surface area contributed by atoms with Crippen molar-refractivity contribution in [2.45, 2.75) is 76.7 Å². The van der Waals surface area contributed by atoms with Crippen molar-refractivity contribution in [3.8, 4) is 0 Å². The molecule has 0 N–H and O–H groups in total. The maximum absolute atomic E-state index is 13.2. The predicted octanol–water partition coefficient (Wildman–Crippen LogP) is 5.37. The Bertz CT molecular complexity index is 799. The zero-order chi connectivity index (χ0) is 23.4. The number of hydrogen-bond acceptors (Lipinski definition) is 7. The summed E-state index contributed by atoms with van der Waals surface area (Å²) in [6.07, 6.45) is -0.779. The number of imide groups is 1. The van der Waals surface area contributed by atoms with Gasteiger partial charge in [0.05, 0.1) is 10.7 Å². The van der Waals surface area contributed by atoms with E-state index in [9.17, 15) is 14.4 Å². The van der Waals surface area contributed by atoms with E-state index in [0.29, 0.717) is 6.42 Å². The van der Waals surface area contributed by atoms with Crippen LogP contribution in [0.2, 0.25) is 0 Å². The normalized spacial score (nSPS) is 23.8. The third-order valence-electron chi connectivity index (χ3n) is 4.92. The minimum atomic E-state index is -0.764. The molecule has 0 saturated carbocycles. The average molecular weight is 453 g/mol. The number of ether oxygens (including phenoxy) is 3. The molecule has 2 rings (SSSR count). The predicted molar refractivity (Wildman–Crippen MR) is 118 cm³/mol. The topological polar surface area (TPSA) is 78.9 Å². The SMILES string of the molecule is C[C@@H]1C[C@@H](Sc2ccccc2)C[N@+]1(C(=O)OCOC(=O)C(C)(C)C)C(=O)OC(C)(C)C. The van der Waals surface area contributed by atoms with Crippen molar-refractivity contribution in [1.29, 1.82) is 0 Å². The van der Waals surface area contributed by atoms with Crippen LogP contribution in [-0.4, -0.2) is 52.9 Å². The molecule has 1 saturated heterocycles. The second-order valence-corrected chi connectivity index (χ2v) is 11.3. The Balaban J connectivity index is 2.20. The highest BCUT2D eigenvalue weighted by Gasteiger charge is 2.60. The number of hydrogen-bond donors (Lipinski definition) is 0. The van der Waals surface area contributed by atoms with Crippen molar-refractivity contribution >= 4 is 29.9 Å². The van der Waals surface area contributed by atoms with Gasteiger partial charge in [0.25, 0.3) is 0 Å². The van der Waals surface area contributed by atoms with Gasteiger partial charge in [-0.2, -0.15) is 9.59 Å². The average Bonchev–Trinajstić information content (AvgIpc) is 2.97. The Labute approximate surface area is 189 Å². The van der Waals surface area contributed by atoms with Crippen LogP contribution >= 0.6 is 11.8 Å². The smallest absolute Gasteiger partial charge is 0.427 e. The summed E-state index contributed by atoms with van der Waals surface area (Å²) in [4.78, 5) is 39.4. The van der Waals surface area contributed by atoms with Gasteiger partial charge in [0.2, 0.25) is 6.79 Å². The zero-order valence-electron chi connectivity index (χ0n) is 19.5. The largest absolute Gasteiger partial charge is 0.529 e. The standard InChI is InChI=1S/C23H34NO6S/c1-16-13-18(31-17-11-9-8-10-12-17)14-24(16,21(27)30-23(5,6)7)20(26)29-15-28-19(25)22(2,3)4/h8-12,16,18H,13-15H2,1-7H3/q+1/t16-,18-,24+/m1/s1. The van der Waals surface area contributed by atoms with Gasteiger partial charge in [-0.05, 0) is 60.6 Å². The van der Waals surface area contributed by atoms with Gasteiger partial charge in [-0.15, -0.1) is 16.2 Å². The minimum absolute atomic E-state index is 0.0228. The summed E-state index contributed by atoms with van der Waals surface area (Å²) in [5, 5.41) is 0.0228. The first-order valence-corrected chi connectivity index (χ1v) is 11.3. The van der Waals surface area contributed by atoms with E-state index in [4.69, 9.17) is 14.2 Å². The Hall–Kier alpha value is -2.06. The number of nitrogens with zero attached hydrogens (tertiary/aromatic N) is 1. The van der Waals surface area contributed by atoms with E-state index in [1.807, 2.05) is 37.3 Å². The second kappa shape index (κ2) is 9.61. The lowest BCUT2D eigenvalue weighted by atomic mass is 9.98. The van der Waals surface area contributed by atoms with E-state index in [1.54, 1.807) is 53.3 Å². The van der Waals surface area contributed by atoms with Gasteiger partial charge in [-0.1, -0.05) is 18.2 Å². The minimum Gasteiger partial charge on any atom is -0.427 e. The van der Waals surface area contributed by atoms with Crippen molar-refractivity contribution in [2.24, 2.45) is 5.41 Å². The number of thioether (sulfide) groups is 1. The highest BCUT2D eigenvalue weighted by atomic mass is 32.2. The van der Waals surface area contributed by atoms with Crippen LogP contribution in [0, 0.1) is 5.41 Å². The van der Waals surface area contributed by atoms with Crippen LogP contribution in [0.15, 0.2) is 35.2 Å². The first-order chi connectivity index (χ1) is 14.3. The molecule has 1 aliphatic rings. The quantitative estimate of drug-likeness (QED) is 0.345. The van der Waals surface area contributed by atoms with E-state index >= 15 is 0 Å². The number of esters is 1. The summed E-state index contributed by atoms with van der Waals surface area (Å²) in [7, 11) is 0. The fourth-order valence-electron chi connectivity index (χ4n) is 3.30. The number of benzene rings is 1. The summed E-state index contributed by atoms with van der Waals surface area (Å²) in [5.74, 6) is -0.490. The molecule has 0 aromatic heterocycles. The molecule has 0 bridgehead atoms. The fraction of sp³-hybridized carbons (Fsp3) is 0.609. The van der Waals surface area contributed by atoms with E-state index in [0.717, 1.165) is 4.90 Å². The lowest BCUT2D eigenvalue weighted by molar-refractivity contribution is -0.797. The number of rotatable bonds is 4. The van der Waals surface area contributed by atoms with Crippen molar-refractivity contribution in [1.82, 2.24) is 0 Å². The number of quaternary nitrogens is 1. The monoisotopic (exact) mass is 452 g/mol. The number of likely N-dealkylation sites (tertiary alicyclic amines) is 1. The maximum atomic E-state index is 13.2. The van der Waals surface area contributed by atoms with Gasteiger partial charge in [0, 0.05) is 11.3 Å². The third-order valence-corrected chi connectivity index (χ3v) is 6.14. The van der Waals surface area contributed by atoms with Gasteiger partial charge in [-0.3, -0.25) is 4.79 Å². The molecule has 1 heterocycles. The zero-order valence-corrected chi connectivity index (χ0v) is 20.3. The van der Waals surface area contributed by atoms with Crippen molar-refractivity contribution in [3.63, 3.8) is 0 Å². The first-order valence-electron chi connectivity index (χ1n) is 10.4. The summed E-state index contributed by atoms with van der Waals surface area (Å²) in [6.45, 7) is 11.9. The molecule has 0 radical (unpaired) electrons. The molecular weight excluding hydrogens is 418 g/mol. The summed E-state index contributed by atoms with van der Waals surface area (Å²) >= 11 is 1.63. The molecule has 8 heteroatoms. The van der Waals surface area contributed by atoms with Gasteiger partial charge >= 0.3 is 18.2 Å². The molecule has 0 spiro atoms. The first kappa shape index (κ1) is 25.2. The Morgan fingerprint density at radius 1 is 1.00 bits per heavy atom. The van der Waals surface area contributed by atoms with Gasteiger partial charge in [-0.25, -0.2) is 0 Å². The highest BCUT2D eigenvalue weighted by Crippen LogP contribution is 2.39. The lowest BCUT2D eigenvalue weighted by Crippen LogP contribution is -2.61. The molecule has 7 nitrogen and oxygen atoms in total. The van der Waals surface area contributed by atoms with Crippen molar-refractivity contribution in [2.75, 3.05) is 13.3 Å². The number of amides is 2. The van der Waals surface area contributed by atoms with Gasteiger partial charge < -0.3 is 14.2 Å². The van der Waals surface area contributed by atoms with E-state index < -0.39 is 40.4 Å². The Kier molecular flexibility index (Phi) is 7.81. The van der Waals surface area contributed by atoms with Crippen LogP contribution in [0.1, 0.15) is 54.9 Å². The van der Waals surface area contributed by atoms with Crippen LogP contribution in [0.25, 0.3) is 0 Å². The molecule has 1 aliphatic heterocycles. The molecule has 1 fully saturated rings. The molecule has 31 heavy (non-hydrogen) atoms. The summed E-state index contributed by atoms with van der Waals surface area (Å²) in [5.41, 5.74) is -1.48. The molecule has 0 unspecified atom stereocenters. The van der Waals surface area contributed by atoms with Crippen molar-refractivity contribution in [3.05, 3.63) is 30.3 Å². The molecule has 0 aliphatic carbocycles. The molecule has 172 valence electrons. The lowest BCUT2D eigenvalue weighted by Gasteiger charge is -2.32. The summed E-state index contributed by atoms with van der Waals surface area (Å²) < 4.78 is 15.4. The van der Waals surface area contributed by atoms with E-state index in [-0.39, 0.29) is 17.8 Å².